The van der Waals surface area contributed by atoms with Crippen molar-refractivity contribution in [1.82, 2.24) is 9.78 Å². The molecule has 0 aliphatic heterocycles. The van der Waals surface area contributed by atoms with E-state index in [0.717, 1.165) is 12.1 Å². The maximum atomic E-state index is 12.6. The number of nitrogens with one attached hydrogen (secondary N) is 1. The van der Waals surface area contributed by atoms with Gasteiger partial charge in [-0.1, -0.05) is 6.07 Å². The SMILES string of the molecule is CC(C)(C(=O)O)n1cc(NC(=O)COc2cccc(C(F)(F)F)c2)cn1. The number of hydrogen-bond donors (Lipinski definition) is 2. The molecular formula is C16H16F3N3O4. The lowest BCUT2D eigenvalue weighted by molar-refractivity contribution is -0.146. The Bertz CT molecular complexity index is 815. The zero-order valence-electron chi connectivity index (χ0n) is 13.9. The Hall–Kier alpha value is -3.04. The van der Waals surface area contributed by atoms with Crippen molar-refractivity contribution in [2.24, 2.45) is 0 Å². The van der Waals surface area contributed by atoms with Crippen molar-refractivity contribution in [3.8, 4) is 5.75 Å². The highest BCUT2D eigenvalue weighted by Crippen LogP contribution is 2.31. The number of aliphatic carboxylic acids is 1. The molecule has 0 atom stereocenters. The van der Waals surface area contributed by atoms with E-state index in [1.54, 1.807) is 0 Å². The smallest absolute Gasteiger partial charge is 0.416 e. The number of alkyl halides is 3. The number of benzene rings is 1. The number of hydrogen-bond acceptors (Lipinski definition) is 4. The highest BCUT2D eigenvalue weighted by Gasteiger charge is 2.31. The number of ether oxygens (including phenoxy) is 1. The van der Waals surface area contributed by atoms with Crippen LogP contribution in [0.25, 0.3) is 0 Å². The maximum absolute atomic E-state index is 12.6. The van der Waals surface area contributed by atoms with E-state index in [0.29, 0.717) is 0 Å². The molecule has 0 spiro atoms. The first-order valence-electron chi connectivity index (χ1n) is 7.38. The number of carbonyl (C=O) groups excluding carboxylic acids is 1. The second-order valence-electron chi connectivity index (χ2n) is 5.90. The lowest BCUT2D eigenvalue weighted by Gasteiger charge is -2.19. The van der Waals surface area contributed by atoms with Gasteiger partial charge in [0.1, 0.15) is 5.75 Å². The summed E-state index contributed by atoms with van der Waals surface area (Å²) in [6.07, 6.45) is -1.92. The first-order chi connectivity index (χ1) is 12.0. The molecular weight excluding hydrogens is 355 g/mol. The summed E-state index contributed by atoms with van der Waals surface area (Å²) in [6, 6.07) is 4.16. The normalized spacial score (nSPS) is 11.9. The van der Waals surface area contributed by atoms with Crippen LogP contribution in [0.3, 0.4) is 0 Å². The predicted octanol–water partition coefficient (Wildman–Crippen LogP) is 2.74. The van der Waals surface area contributed by atoms with Crippen LogP contribution >= 0.6 is 0 Å². The first-order valence-corrected chi connectivity index (χ1v) is 7.38. The van der Waals surface area contributed by atoms with E-state index in [1.165, 1.54) is 43.1 Å². The summed E-state index contributed by atoms with van der Waals surface area (Å²) in [7, 11) is 0. The molecule has 0 aliphatic rings. The van der Waals surface area contributed by atoms with E-state index >= 15 is 0 Å². The Morgan fingerprint density at radius 3 is 2.62 bits per heavy atom. The van der Waals surface area contributed by atoms with Gasteiger partial charge in [0.25, 0.3) is 5.91 Å². The molecule has 1 heterocycles. The van der Waals surface area contributed by atoms with Crippen LogP contribution in [0.1, 0.15) is 19.4 Å². The average Bonchev–Trinajstić information content (AvgIpc) is 3.01. The van der Waals surface area contributed by atoms with Crippen LogP contribution < -0.4 is 10.1 Å². The molecule has 0 saturated heterocycles. The molecule has 7 nitrogen and oxygen atoms in total. The summed E-state index contributed by atoms with van der Waals surface area (Å²) in [4.78, 5) is 23.0. The monoisotopic (exact) mass is 371 g/mol. The third kappa shape index (κ3) is 4.52. The van der Waals surface area contributed by atoms with Gasteiger partial charge < -0.3 is 15.2 Å². The van der Waals surface area contributed by atoms with Crippen molar-refractivity contribution in [3.05, 3.63) is 42.2 Å². The minimum atomic E-state index is -4.51. The predicted molar refractivity (Wildman–Crippen MR) is 84.8 cm³/mol. The van der Waals surface area contributed by atoms with Gasteiger partial charge in [0.15, 0.2) is 12.1 Å². The highest BCUT2D eigenvalue weighted by molar-refractivity contribution is 5.91. The van der Waals surface area contributed by atoms with E-state index in [1.807, 2.05) is 0 Å². The summed E-state index contributed by atoms with van der Waals surface area (Å²) >= 11 is 0. The van der Waals surface area contributed by atoms with Crippen molar-refractivity contribution in [3.63, 3.8) is 0 Å². The minimum absolute atomic E-state index is 0.0994. The van der Waals surface area contributed by atoms with Gasteiger partial charge in [0.05, 0.1) is 17.4 Å². The third-order valence-corrected chi connectivity index (χ3v) is 3.49. The lowest BCUT2D eigenvalue weighted by Crippen LogP contribution is -2.35. The van der Waals surface area contributed by atoms with Gasteiger partial charge in [-0.25, -0.2) is 4.79 Å². The molecule has 0 unspecified atom stereocenters. The summed E-state index contributed by atoms with van der Waals surface area (Å²) in [5.74, 6) is -1.83. The van der Waals surface area contributed by atoms with Crippen LogP contribution in [0.15, 0.2) is 36.7 Å². The fourth-order valence-corrected chi connectivity index (χ4v) is 1.90. The van der Waals surface area contributed by atoms with Gasteiger partial charge in [-0.2, -0.15) is 18.3 Å². The van der Waals surface area contributed by atoms with Crippen molar-refractivity contribution in [2.45, 2.75) is 25.6 Å². The molecule has 0 saturated carbocycles. The van der Waals surface area contributed by atoms with Gasteiger partial charge in [-0.15, -0.1) is 0 Å². The second-order valence-corrected chi connectivity index (χ2v) is 5.90. The number of rotatable bonds is 6. The van der Waals surface area contributed by atoms with Crippen molar-refractivity contribution < 1.29 is 32.6 Å². The highest BCUT2D eigenvalue weighted by atomic mass is 19.4. The molecule has 10 heteroatoms. The third-order valence-electron chi connectivity index (χ3n) is 3.49. The van der Waals surface area contributed by atoms with Crippen molar-refractivity contribution in [1.29, 1.82) is 0 Å². The molecule has 1 aromatic carbocycles. The summed E-state index contributed by atoms with van der Waals surface area (Å²) in [6.45, 7) is 2.35. The summed E-state index contributed by atoms with van der Waals surface area (Å²) in [5, 5.41) is 15.4. The van der Waals surface area contributed by atoms with Crippen molar-refractivity contribution >= 4 is 17.6 Å². The van der Waals surface area contributed by atoms with Gasteiger partial charge in [-0.05, 0) is 32.0 Å². The summed E-state index contributed by atoms with van der Waals surface area (Å²) < 4.78 is 44.1. The molecule has 2 aromatic rings. The number of halogens is 3. The number of carboxylic acid groups (broad SMARTS) is 1. The van der Waals surface area contributed by atoms with Crippen LogP contribution in [-0.2, 0) is 21.3 Å². The van der Waals surface area contributed by atoms with E-state index in [9.17, 15) is 22.8 Å². The Morgan fingerprint density at radius 1 is 1.31 bits per heavy atom. The molecule has 1 aromatic heterocycles. The second kappa shape index (κ2) is 7.06. The van der Waals surface area contributed by atoms with Crippen LogP contribution in [-0.4, -0.2) is 33.4 Å². The average molecular weight is 371 g/mol. The zero-order chi connectivity index (χ0) is 19.5. The largest absolute Gasteiger partial charge is 0.484 e. The number of nitrogens with zero attached hydrogens (tertiary/aromatic N) is 2. The van der Waals surface area contributed by atoms with Gasteiger partial charge in [-0.3, -0.25) is 9.48 Å². The van der Waals surface area contributed by atoms with Gasteiger partial charge in [0, 0.05) is 6.20 Å². The molecule has 1 amide bonds. The Labute approximate surface area is 146 Å². The van der Waals surface area contributed by atoms with Gasteiger partial charge >= 0.3 is 12.1 Å². The first kappa shape index (κ1) is 19.3. The van der Waals surface area contributed by atoms with E-state index in [2.05, 4.69) is 10.4 Å². The lowest BCUT2D eigenvalue weighted by atomic mass is 10.1. The van der Waals surface area contributed by atoms with Gasteiger partial charge in [0.2, 0.25) is 0 Å². The molecule has 2 rings (SSSR count). The Morgan fingerprint density at radius 2 is 2.00 bits per heavy atom. The van der Waals surface area contributed by atoms with Crippen LogP contribution in [0.4, 0.5) is 18.9 Å². The Balaban J connectivity index is 1.96. The quantitative estimate of drug-likeness (QED) is 0.814. The number of carboxylic acids is 1. The number of anilines is 1. The molecule has 0 bridgehead atoms. The molecule has 0 aliphatic carbocycles. The molecule has 2 N–H and O–H groups in total. The van der Waals surface area contributed by atoms with Crippen molar-refractivity contribution in [2.75, 3.05) is 11.9 Å². The molecule has 0 radical (unpaired) electrons. The van der Waals surface area contributed by atoms with E-state index in [-0.39, 0.29) is 11.4 Å². The fraction of sp³-hybridized carbons (Fsp3) is 0.312. The maximum Gasteiger partial charge on any atom is 0.416 e. The van der Waals surface area contributed by atoms with E-state index in [4.69, 9.17) is 9.84 Å². The molecule has 26 heavy (non-hydrogen) atoms. The number of aromatic nitrogens is 2. The Kier molecular flexibility index (Phi) is 5.24. The van der Waals surface area contributed by atoms with Crippen LogP contribution in [0.2, 0.25) is 0 Å². The number of amides is 1. The molecule has 0 fully saturated rings. The fourth-order valence-electron chi connectivity index (χ4n) is 1.90. The van der Waals surface area contributed by atoms with Crippen LogP contribution in [0.5, 0.6) is 5.75 Å². The van der Waals surface area contributed by atoms with Crippen LogP contribution in [0, 0.1) is 0 Å². The zero-order valence-corrected chi connectivity index (χ0v) is 13.9. The van der Waals surface area contributed by atoms with E-state index < -0.39 is 35.8 Å². The molecule has 140 valence electrons. The summed E-state index contributed by atoms with van der Waals surface area (Å²) in [5.41, 5.74) is -1.96. The standard InChI is InChI=1S/C16H16F3N3O4/c1-15(2,14(24)25)22-8-11(7-20-22)21-13(23)9-26-12-5-3-4-10(6-12)16(17,18)19/h3-8H,9H2,1-2H3,(H,21,23)(H,24,25). The minimum Gasteiger partial charge on any atom is -0.484 e. The number of carbonyl (C=O) groups is 2. The topological polar surface area (TPSA) is 93.5 Å².